The quantitative estimate of drug-likeness (QED) is 0.678. The van der Waals surface area contributed by atoms with Crippen molar-refractivity contribution in [1.82, 2.24) is 0 Å². The maximum atomic E-state index is 11.7. The molecule has 0 spiro atoms. The molecule has 0 aromatic heterocycles. The summed E-state index contributed by atoms with van der Waals surface area (Å²) in [5, 5.41) is 0. The third-order valence-corrected chi connectivity index (χ3v) is 2.42. The summed E-state index contributed by atoms with van der Waals surface area (Å²) < 4.78 is 5.20. The van der Waals surface area contributed by atoms with Crippen LogP contribution in [0.2, 0.25) is 0 Å². The first-order chi connectivity index (χ1) is 7.48. The lowest BCUT2D eigenvalue weighted by Gasteiger charge is -2.15. The summed E-state index contributed by atoms with van der Waals surface area (Å²) in [4.78, 5) is 16.1. The highest BCUT2D eigenvalue weighted by Gasteiger charge is 2.35. The van der Waals surface area contributed by atoms with Crippen LogP contribution in [0, 0.1) is 5.41 Å². The third kappa shape index (κ3) is 1.98. The summed E-state index contributed by atoms with van der Waals surface area (Å²) in [5.74, 6) is 0.238. The van der Waals surface area contributed by atoms with E-state index in [0.717, 1.165) is 5.56 Å². The predicted molar refractivity (Wildman–Crippen MR) is 62.2 cm³/mol. The molecule has 0 unspecified atom stereocenters. The highest BCUT2D eigenvalue weighted by molar-refractivity contribution is 5.99. The largest absolute Gasteiger partial charge is 0.409 e. The fraction of sp³-hybridized carbons (Fsp3) is 0.385. The third-order valence-electron chi connectivity index (χ3n) is 2.42. The molecular formula is C13H15NO2. The van der Waals surface area contributed by atoms with Crippen molar-refractivity contribution in [2.24, 2.45) is 10.4 Å². The Balaban J connectivity index is 2.31. The number of nitrogens with zero attached hydrogens (tertiary/aromatic N) is 1. The number of carbonyl (C=O) groups excluding carboxylic acids is 1. The lowest BCUT2D eigenvalue weighted by molar-refractivity contribution is -0.135. The zero-order valence-corrected chi connectivity index (χ0v) is 9.73. The van der Waals surface area contributed by atoms with Gasteiger partial charge < -0.3 is 4.74 Å². The lowest BCUT2D eigenvalue weighted by atomic mass is 9.97. The highest BCUT2D eigenvalue weighted by atomic mass is 16.6. The van der Waals surface area contributed by atoms with Gasteiger partial charge in [0.25, 0.3) is 0 Å². The molecule has 2 rings (SSSR count). The Morgan fingerprint density at radius 2 is 1.81 bits per heavy atom. The Hall–Kier alpha value is -1.64. The van der Waals surface area contributed by atoms with Crippen LogP contribution in [0.15, 0.2) is 35.3 Å². The van der Waals surface area contributed by atoms with E-state index in [4.69, 9.17) is 4.74 Å². The molecule has 0 saturated carbocycles. The standard InChI is InChI=1S/C13H15NO2/c1-13(2,3)12-14-10(11(15)16-12)9-7-5-4-6-8-9/h4-8,10H,1-3H3/t10-/m0/s1. The Labute approximate surface area is 95.2 Å². The van der Waals surface area contributed by atoms with Crippen molar-refractivity contribution < 1.29 is 9.53 Å². The number of ether oxygens (including phenoxy) is 1. The molecule has 1 aromatic rings. The van der Waals surface area contributed by atoms with Crippen molar-refractivity contribution in [3.05, 3.63) is 35.9 Å². The molecule has 1 aliphatic rings. The SMILES string of the molecule is CC(C)(C)C1=N[C@@H](c2ccccc2)C(=O)O1. The number of rotatable bonds is 1. The second kappa shape index (κ2) is 3.74. The predicted octanol–water partition coefficient (Wildman–Crippen LogP) is 2.73. The molecule has 0 amide bonds. The second-order valence-corrected chi connectivity index (χ2v) is 4.92. The van der Waals surface area contributed by atoms with Crippen molar-refractivity contribution >= 4 is 11.9 Å². The minimum atomic E-state index is -0.490. The Morgan fingerprint density at radius 3 is 2.31 bits per heavy atom. The van der Waals surface area contributed by atoms with Gasteiger partial charge in [0.1, 0.15) is 0 Å². The summed E-state index contributed by atoms with van der Waals surface area (Å²) in [6.45, 7) is 5.94. The van der Waals surface area contributed by atoms with E-state index in [1.165, 1.54) is 0 Å². The molecule has 3 nitrogen and oxygen atoms in total. The highest BCUT2D eigenvalue weighted by Crippen LogP contribution is 2.30. The molecule has 1 heterocycles. The molecule has 0 N–H and O–H groups in total. The number of esters is 1. The summed E-state index contributed by atoms with van der Waals surface area (Å²) in [6, 6.07) is 9.00. The normalized spacial score (nSPS) is 20.6. The molecule has 1 atom stereocenters. The van der Waals surface area contributed by atoms with E-state index >= 15 is 0 Å². The monoisotopic (exact) mass is 217 g/mol. The molecule has 0 saturated heterocycles. The van der Waals surface area contributed by atoms with Gasteiger partial charge in [-0.15, -0.1) is 0 Å². The maximum Gasteiger partial charge on any atom is 0.342 e. The van der Waals surface area contributed by atoms with Crippen LogP contribution in [0.3, 0.4) is 0 Å². The van der Waals surface area contributed by atoms with Gasteiger partial charge in [0.15, 0.2) is 11.9 Å². The second-order valence-electron chi connectivity index (χ2n) is 4.92. The van der Waals surface area contributed by atoms with Crippen molar-refractivity contribution in [2.45, 2.75) is 26.8 Å². The van der Waals surface area contributed by atoms with Crippen LogP contribution in [0.25, 0.3) is 0 Å². The lowest BCUT2D eigenvalue weighted by Crippen LogP contribution is -2.21. The number of hydrogen-bond donors (Lipinski definition) is 0. The molecular weight excluding hydrogens is 202 g/mol. The van der Waals surface area contributed by atoms with E-state index in [2.05, 4.69) is 4.99 Å². The zero-order valence-electron chi connectivity index (χ0n) is 9.73. The molecule has 0 radical (unpaired) electrons. The fourth-order valence-electron chi connectivity index (χ4n) is 1.54. The fourth-order valence-corrected chi connectivity index (χ4v) is 1.54. The average Bonchev–Trinajstić information content (AvgIpc) is 2.61. The van der Waals surface area contributed by atoms with Crippen molar-refractivity contribution in [3.63, 3.8) is 0 Å². The summed E-state index contributed by atoms with van der Waals surface area (Å²) in [7, 11) is 0. The smallest absolute Gasteiger partial charge is 0.342 e. The maximum absolute atomic E-state index is 11.7. The van der Waals surface area contributed by atoms with Gasteiger partial charge in [-0.1, -0.05) is 51.1 Å². The Morgan fingerprint density at radius 1 is 1.19 bits per heavy atom. The minimum Gasteiger partial charge on any atom is -0.409 e. The van der Waals surface area contributed by atoms with Gasteiger partial charge in [0.2, 0.25) is 0 Å². The van der Waals surface area contributed by atoms with Crippen molar-refractivity contribution in [1.29, 1.82) is 0 Å². The van der Waals surface area contributed by atoms with Crippen LogP contribution in [0.4, 0.5) is 0 Å². The zero-order chi connectivity index (χ0) is 11.8. The number of aliphatic imine (C=N–C) groups is 1. The van der Waals surface area contributed by atoms with E-state index in [-0.39, 0.29) is 11.4 Å². The molecule has 84 valence electrons. The first-order valence-corrected chi connectivity index (χ1v) is 5.33. The summed E-state index contributed by atoms with van der Waals surface area (Å²) in [5.41, 5.74) is 0.658. The van der Waals surface area contributed by atoms with Gasteiger partial charge in [-0.2, -0.15) is 0 Å². The molecule has 1 aromatic carbocycles. The first kappa shape index (κ1) is 10.9. The van der Waals surface area contributed by atoms with E-state index in [1.807, 2.05) is 51.1 Å². The number of carbonyl (C=O) groups is 1. The van der Waals surface area contributed by atoms with Crippen LogP contribution >= 0.6 is 0 Å². The number of benzene rings is 1. The molecule has 0 fully saturated rings. The van der Waals surface area contributed by atoms with E-state index in [9.17, 15) is 4.79 Å². The van der Waals surface area contributed by atoms with Gasteiger partial charge in [0, 0.05) is 5.41 Å². The molecule has 16 heavy (non-hydrogen) atoms. The van der Waals surface area contributed by atoms with Crippen LogP contribution in [0.1, 0.15) is 32.4 Å². The minimum absolute atomic E-state index is 0.223. The summed E-state index contributed by atoms with van der Waals surface area (Å²) >= 11 is 0. The average molecular weight is 217 g/mol. The van der Waals surface area contributed by atoms with E-state index in [0.29, 0.717) is 5.90 Å². The van der Waals surface area contributed by atoms with E-state index in [1.54, 1.807) is 0 Å². The van der Waals surface area contributed by atoms with Crippen LogP contribution in [-0.4, -0.2) is 11.9 Å². The number of hydrogen-bond acceptors (Lipinski definition) is 3. The van der Waals surface area contributed by atoms with Gasteiger partial charge >= 0.3 is 5.97 Å². The topological polar surface area (TPSA) is 38.7 Å². The Kier molecular flexibility index (Phi) is 2.54. The molecule has 1 aliphatic heterocycles. The van der Waals surface area contributed by atoms with Crippen LogP contribution in [-0.2, 0) is 9.53 Å². The summed E-state index contributed by atoms with van der Waals surface area (Å²) in [6.07, 6.45) is 0. The van der Waals surface area contributed by atoms with Crippen molar-refractivity contribution in [2.75, 3.05) is 0 Å². The van der Waals surface area contributed by atoms with Gasteiger partial charge in [-0.05, 0) is 5.56 Å². The van der Waals surface area contributed by atoms with Gasteiger partial charge in [-0.3, -0.25) is 0 Å². The van der Waals surface area contributed by atoms with Gasteiger partial charge in [-0.25, -0.2) is 9.79 Å². The molecule has 0 bridgehead atoms. The van der Waals surface area contributed by atoms with Crippen LogP contribution in [0.5, 0.6) is 0 Å². The van der Waals surface area contributed by atoms with Crippen LogP contribution < -0.4 is 0 Å². The Bertz CT molecular complexity index is 429. The first-order valence-electron chi connectivity index (χ1n) is 5.33. The van der Waals surface area contributed by atoms with E-state index < -0.39 is 6.04 Å². The van der Waals surface area contributed by atoms with Gasteiger partial charge in [0.05, 0.1) is 0 Å². The number of cyclic esters (lactones) is 1. The molecule has 3 heteroatoms. The molecule has 0 aliphatic carbocycles. The van der Waals surface area contributed by atoms with Crippen molar-refractivity contribution in [3.8, 4) is 0 Å².